The number of anilines is 1. The minimum absolute atomic E-state index is 0.108. The van der Waals surface area contributed by atoms with Gasteiger partial charge in [0.05, 0.1) is 12.2 Å². The van der Waals surface area contributed by atoms with Gasteiger partial charge in [-0.2, -0.15) is 0 Å². The fraction of sp³-hybridized carbons (Fsp3) is 0.538. The smallest absolute Gasteiger partial charge is 0.0876 e. The van der Waals surface area contributed by atoms with Gasteiger partial charge in [0.2, 0.25) is 0 Å². The van der Waals surface area contributed by atoms with Crippen molar-refractivity contribution in [3.8, 4) is 0 Å². The summed E-state index contributed by atoms with van der Waals surface area (Å²) >= 11 is 6.06. The average Bonchev–Trinajstić information content (AvgIpc) is 2.31. The van der Waals surface area contributed by atoms with Crippen LogP contribution in [0.5, 0.6) is 0 Å². The lowest BCUT2D eigenvalue weighted by atomic mass is 10.1. The molecule has 2 unspecified atom stereocenters. The molecule has 3 nitrogen and oxygen atoms in total. The Morgan fingerprint density at radius 1 is 1.47 bits per heavy atom. The molecule has 1 aliphatic rings. The van der Waals surface area contributed by atoms with E-state index in [1.807, 2.05) is 12.1 Å². The minimum Gasteiger partial charge on any atom is -0.370 e. The molecule has 0 aromatic heterocycles. The van der Waals surface area contributed by atoms with Gasteiger partial charge < -0.3 is 15.4 Å². The molecule has 94 valence electrons. The first-order valence-corrected chi connectivity index (χ1v) is 6.34. The zero-order valence-electron chi connectivity index (χ0n) is 10.3. The van der Waals surface area contributed by atoms with Gasteiger partial charge in [-0.15, -0.1) is 0 Å². The number of halogens is 1. The first-order valence-electron chi connectivity index (χ1n) is 5.96. The third-order valence-corrected chi connectivity index (χ3v) is 3.34. The van der Waals surface area contributed by atoms with Crippen molar-refractivity contribution in [3.05, 3.63) is 28.8 Å². The molecule has 1 aromatic carbocycles. The van der Waals surface area contributed by atoms with Gasteiger partial charge >= 0.3 is 0 Å². The molecule has 0 radical (unpaired) electrons. The van der Waals surface area contributed by atoms with E-state index in [1.54, 1.807) is 0 Å². The van der Waals surface area contributed by atoms with Crippen LogP contribution in [0.15, 0.2) is 18.2 Å². The summed E-state index contributed by atoms with van der Waals surface area (Å²) < 4.78 is 5.76. The van der Waals surface area contributed by atoms with E-state index in [2.05, 4.69) is 24.8 Å². The van der Waals surface area contributed by atoms with Crippen molar-refractivity contribution in [3.63, 3.8) is 0 Å². The van der Waals surface area contributed by atoms with E-state index in [-0.39, 0.29) is 12.2 Å². The standard InChI is InChI=1S/C13H19ClN2O/c1-9-3-4-11(14)5-13(9)16-7-10(2)17-12(6-15)8-16/h3-5,10,12H,6-8,15H2,1-2H3. The Morgan fingerprint density at radius 3 is 2.94 bits per heavy atom. The van der Waals surface area contributed by atoms with E-state index >= 15 is 0 Å². The lowest BCUT2D eigenvalue weighted by Crippen LogP contribution is -2.49. The van der Waals surface area contributed by atoms with Crippen molar-refractivity contribution >= 4 is 17.3 Å². The third-order valence-electron chi connectivity index (χ3n) is 3.10. The zero-order chi connectivity index (χ0) is 12.4. The Hall–Kier alpha value is -0.770. The molecule has 1 fully saturated rings. The molecule has 1 saturated heterocycles. The van der Waals surface area contributed by atoms with Crippen molar-refractivity contribution in [2.24, 2.45) is 5.73 Å². The maximum absolute atomic E-state index is 6.06. The maximum atomic E-state index is 6.06. The van der Waals surface area contributed by atoms with E-state index in [1.165, 1.54) is 11.3 Å². The van der Waals surface area contributed by atoms with Crippen LogP contribution in [0, 0.1) is 6.92 Å². The Morgan fingerprint density at radius 2 is 2.24 bits per heavy atom. The number of benzene rings is 1. The summed E-state index contributed by atoms with van der Waals surface area (Å²) in [6.07, 6.45) is 0.313. The molecule has 4 heteroatoms. The summed E-state index contributed by atoms with van der Waals surface area (Å²) in [4.78, 5) is 2.31. The molecule has 0 bridgehead atoms. The fourth-order valence-corrected chi connectivity index (χ4v) is 2.46. The molecule has 0 spiro atoms. The molecular formula is C13H19ClN2O. The van der Waals surface area contributed by atoms with Crippen molar-refractivity contribution < 1.29 is 4.74 Å². The van der Waals surface area contributed by atoms with E-state index < -0.39 is 0 Å². The van der Waals surface area contributed by atoms with Crippen molar-refractivity contribution in [1.29, 1.82) is 0 Å². The van der Waals surface area contributed by atoms with Crippen molar-refractivity contribution in [2.45, 2.75) is 26.1 Å². The van der Waals surface area contributed by atoms with Gasteiger partial charge in [0.15, 0.2) is 0 Å². The predicted octanol–water partition coefficient (Wildman–Crippen LogP) is 2.20. The molecule has 2 atom stereocenters. The summed E-state index contributed by atoms with van der Waals surface area (Å²) in [5, 5.41) is 0.772. The third kappa shape index (κ3) is 2.92. The second-order valence-corrected chi connectivity index (χ2v) is 5.08. The van der Waals surface area contributed by atoms with Crippen LogP contribution in [0.3, 0.4) is 0 Å². The predicted molar refractivity (Wildman–Crippen MR) is 71.8 cm³/mol. The van der Waals surface area contributed by atoms with E-state index in [0.29, 0.717) is 6.54 Å². The topological polar surface area (TPSA) is 38.5 Å². The highest BCUT2D eigenvalue weighted by atomic mass is 35.5. The molecule has 1 aromatic rings. The highest BCUT2D eigenvalue weighted by molar-refractivity contribution is 6.30. The number of nitrogens with zero attached hydrogens (tertiary/aromatic N) is 1. The number of hydrogen-bond donors (Lipinski definition) is 1. The van der Waals surface area contributed by atoms with Crippen LogP contribution in [0.25, 0.3) is 0 Å². The second-order valence-electron chi connectivity index (χ2n) is 4.64. The molecule has 2 rings (SSSR count). The summed E-state index contributed by atoms with van der Waals surface area (Å²) in [5.74, 6) is 0. The number of ether oxygens (including phenoxy) is 1. The van der Waals surface area contributed by atoms with Crippen LogP contribution in [-0.2, 0) is 4.74 Å². The van der Waals surface area contributed by atoms with Crippen LogP contribution in [0.4, 0.5) is 5.69 Å². The number of rotatable bonds is 2. The normalized spacial score (nSPS) is 25.1. The second kappa shape index (κ2) is 5.25. The molecule has 0 aliphatic carbocycles. The van der Waals surface area contributed by atoms with Crippen LogP contribution in [-0.4, -0.2) is 31.8 Å². The van der Waals surface area contributed by atoms with Gasteiger partial charge in [0.25, 0.3) is 0 Å². The zero-order valence-corrected chi connectivity index (χ0v) is 11.1. The highest BCUT2D eigenvalue weighted by Gasteiger charge is 2.25. The summed E-state index contributed by atoms with van der Waals surface area (Å²) in [6, 6.07) is 5.99. The van der Waals surface area contributed by atoms with E-state index in [9.17, 15) is 0 Å². The lowest BCUT2D eigenvalue weighted by Gasteiger charge is -2.38. The molecule has 2 N–H and O–H groups in total. The van der Waals surface area contributed by atoms with Gasteiger partial charge in [-0.3, -0.25) is 0 Å². The first kappa shape index (κ1) is 12.7. The SMILES string of the molecule is Cc1ccc(Cl)cc1N1CC(C)OC(CN)C1. The molecule has 17 heavy (non-hydrogen) atoms. The molecule has 1 aliphatic heterocycles. The Labute approximate surface area is 107 Å². The largest absolute Gasteiger partial charge is 0.370 e. The van der Waals surface area contributed by atoms with Gasteiger partial charge in [-0.05, 0) is 31.5 Å². The number of aryl methyl sites for hydroxylation is 1. The lowest BCUT2D eigenvalue weighted by molar-refractivity contribution is -0.0105. The van der Waals surface area contributed by atoms with Crippen LogP contribution >= 0.6 is 11.6 Å². The minimum atomic E-state index is 0.108. The molecule has 0 saturated carbocycles. The molecule has 1 heterocycles. The summed E-state index contributed by atoms with van der Waals surface area (Å²) in [6.45, 7) is 6.46. The number of hydrogen-bond acceptors (Lipinski definition) is 3. The Balaban J connectivity index is 2.23. The van der Waals surface area contributed by atoms with E-state index in [4.69, 9.17) is 22.1 Å². The fourth-order valence-electron chi connectivity index (χ4n) is 2.30. The van der Waals surface area contributed by atoms with Gasteiger partial charge in [-0.25, -0.2) is 0 Å². The van der Waals surface area contributed by atoms with E-state index in [0.717, 1.165) is 18.1 Å². The number of nitrogens with two attached hydrogens (primary N) is 1. The monoisotopic (exact) mass is 254 g/mol. The van der Waals surface area contributed by atoms with Crippen LogP contribution in [0.2, 0.25) is 5.02 Å². The molecule has 0 amide bonds. The Bertz CT molecular complexity index is 397. The van der Waals surface area contributed by atoms with Gasteiger partial charge in [0.1, 0.15) is 0 Å². The first-order chi connectivity index (χ1) is 8.10. The summed E-state index contributed by atoms with van der Waals surface area (Å²) in [5.41, 5.74) is 8.12. The Kier molecular flexibility index (Phi) is 3.92. The van der Waals surface area contributed by atoms with Gasteiger partial charge in [0, 0.05) is 30.3 Å². The van der Waals surface area contributed by atoms with Crippen LogP contribution < -0.4 is 10.6 Å². The highest BCUT2D eigenvalue weighted by Crippen LogP contribution is 2.27. The van der Waals surface area contributed by atoms with Crippen LogP contribution in [0.1, 0.15) is 12.5 Å². The summed E-state index contributed by atoms with van der Waals surface area (Å²) in [7, 11) is 0. The molecular weight excluding hydrogens is 236 g/mol. The quantitative estimate of drug-likeness (QED) is 0.880. The van der Waals surface area contributed by atoms with Gasteiger partial charge in [-0.1, -0.05) is 17.7 Å². The van der Waals surface area contributed by atoms with Crippen molar-refractivity contribution in [2.75, 3.05) is 24.5 Å². The number of morpholine rings is 1. The average molecular weight is 255 g/mol. The van der Waals surface area contributed by atoms with Crippen molar-refractivity contribution in [1.82, 2.24) is 0 Å². The maximum Gasteiger partial charge on any atom is 0.0876 e.